The Labute approximate surface area is 136 Å². The normalized spacial score (nSPS) is 10.3. The van der Waals surface area contributed by atoms with E-state index in [4.69, 9.17) is 11.6 Å². The average Bonchev–Trinajstić information content (AvgIpc) is 2.48. The van der Waals surface area contributed by atoms with Crippen molar-refractivity contribution in [2.45, 2.75) is 11.8 Å². The van der Waals surface area contributed by atoms with Gasteiger partial charge in [0, 0.05) is 16.0 Å². The number of anilines is 1. The Bertz CT molecular complexity index is 704. The molecule has 0 saturated heterocycles. The molecule has 2 rings (SSSR count). The number of amides is 1. The fourth-order valence-corrected chi connectivity index (χ4v) is 2.65. The second-order valence-electron chi connectivity index (χ2n) is 4.52. The van der Waals surface area contributed by atoms with E-state index in [1.165, 1.54) is 17.8 Å². The van der Waals surface area contributed by atoms with E-state index in [9.17, 15) is 14.9 Å². The molecule has 0 atom stereocenters. The topological polar surface area (TPSA) is 72.2 Å². The first-order valence-electron chi connectivity index (χ1n) is 6.39. The van der Waals surface area contributed by atoms with Crippen molar-refractivity contribution in [3.63, 3.8) is 0 Å². The molecule has 0 radical (unpaired) electrons. The molecule has 0 aliphatic rings. The summed E-state index contributed by atoms with van der Waals surface area (Å²) >= 11 is 7.13. The van der Waals surface area contributed by atoms with Crippen molar-refractivity contribution in [3.8, 4) is 0 Å². The lowest BCUT2D eigenvalue weighted by atomic mass is 10.1. The van der Waals surface area contributed by atoms with Crippen molar-refractivity contribution in [1.82, 2.24) is 0 Å². The minimum absolute atomic E-state index is 0.107. The number of nitrogens with one attached hydrogen (secondary N) is 1. The minimum atomic E-state index is -0.505. The van der Waals surface area contributed by atoms with Crippen LogP contribution in [0.5, 0.6) is 0 Å². The van der Waals surface area contributed by atoms with Crippen LogP contribution in [0.3, 0.4) is 0 Å². The summed E-state index contributed by atoms with van der Waals surface area (Å²) in [6, 6.07) is 11.8. The number of carbonyl (C=O) groups excluding carboxylic acids is 1. The SMILES string of the molecule is Cc1cccc([N+](=O)[O-])c1NC(=O)CSc1ccc(Cl)cc1. The number of nitro benzene ring substituents is 1. The number of thioether (sulfide) groups is 1. The first-order valence-corrected chi connectivity index (χ1v) is 7.76. The number of carbonyl (C=O) groups is 1. The molecule has 0 spiro atoms. The number of hydrogen-bond acceptors (Lipinski definition) is 4. The Morgan fingerprint density at radius 2 is 1.95 bits per heavy atom. The lowest BCUT2D eigenvalue weighted by Gasteiger charge is -2.08. The molecule has 0 aliphatic carbocycles. The van der Waals surface area contributed by atoms with Gasteiger partial charge < -0.3 is 5.32 Å². The number of para-hydroxylation sites is 1. The molecular weight excluding hydrogens is 324 g/mol. The number of hydrogen-bond donors (Lipinski definition) is 1. The summed E-state index contributed by atoms with van der Waals surface area (Å²) in [6.45, 7) is 1.72. The standard InChI is InChI=1S/C15H13ClN2O3S/c1-10-3-2-4-13(18(20)21)15(10)17-14(19)9-22-12-7-5-11(16)6-8-12/h2-8H,9H2,1H3,(H,17,19). The second-order valence-corrected chi connectivity index (χ2v) is 6.00. The number of benzene rings is 2. The van der Waals surface area contributed by atoms with Crippen LogP contribution in [0.1, 0.15) is 5.56 Å². The van der Waals surface area contributed by atoms with E-state index in [-0.39, 0.29) is 23.0 Å². The zero-order valence-corrected chi connectivity index (χ0v) is 13.3. The zero-order valence-electron chi connectivity index (χ0n) is 11.7. The number of nitrogens with zero attached hydrogens (tertiary/aromatic N) is 1. The highest BCUT2D eigenvalue weighted by Gasteiger charge is 2.17. The molecule has 0 saturated carbocycles. The Hall–Kier alpha value is -2.05. The summed E-state index contributed by atoms with van der Waals surface area (Å²) in [7, 11) is 0. The third kappa shape index (κ3) is 4.22. The van der Waals surface area contributed by atoms with Crippen LogP contribution in [0.2, 0.25) is 5.02 Å². The molecule has 0 unspecified atom stereocenters. The van der Waals surface area contributed by atoms with E-state index in [1.807, 2.05) is 12.1 Å². The van der Waals surface area contributed by atoms with Crippen LogP contribution in [-0.2, 0) is 4.79 Å². The first-order chi connectivity index (χ1) is 10.5. The van der Waals surface area contributed by atoms with Crippen molar-refractivity contribution in [2.75, 3.05) is 11.1 Å². The Kier molecular flexibility index (Phi) is 5.41. The van der Waals surface area contributed by atoms with Crippen molar-refractivity contribution in [2.24, 2.45) is 0 Å². The van der Waals surface area contributed by atoms with Crippen molar-refractivity contribution >= 4 is 40.6 Å². The highest BCUT2D eigenvalue weighted by Crippen LogP contribution is 2.28. The lowest BCUT2D eigenvalue weighted by Crippen LogP contribution is -2.16. The van der Waals surface area contributed by atoms with Gasteiger partial charge in [-0.2, -0.15) is 0 Å². The Morgan fingerprint density at radius 3 is 2.59 bits per heavy atom. The van der Waals surface area contributed by atoms with Gasteiger partial charge in [0.15, 0.2) is 0 Å². The summed E-state index contributed by atoms with van der Waals surface area (Å²) in [5.74, 6) is -0.134. The van der Waals surface area contributed by atoms with E-state index in [2.05, 4.69) is 5.32 Å². The van der Waals surface area contributed by atoms with E-state index >= 15 is 0 Å². The largest absolute Gasteiger partial charge is 0.319 e. The van der Waals surface area contributed by atoms with E-state index in [1.54, 1.807) is 31.2 Å². The third-order valence-electron chi connectivity index (χ3n) is 2.90. The van der Waals surface area contributed by atoms with Gasteiger partial charge in [0.2, 0.25) is 5.91 Å². The Balaban J connectivity index is 2.03. The first kappa shape index (κ1) is 16.3. The van der Waals surface area contributed by atoms with Crippen LogP contribution in [0.15, 0.2) is 47.4 Å². The maximum atomic E-state index is 12.0. The van der Waals surface area contributed by atoms with Gasteiger partial charge in [0.05, 0.1) is 10.7 Å². The number of nitro groups is 1. The molecule has 0 bridgehead atoms. The quantitative estimate of drug-likeness (QED) is 0.502. The lowest BCUT2D eigenvalue weighted by molar-refractivity contribution is -0.384. The van der Waals surface area contributed by atoms with Crippen LogP contribution < -0.4 is 5.32 Å². The van der Waals surface area contributed by atoms with Crippen molar-refractivity contribution in [1.29, 1.82) is 0 Å². The maximum Gasteiger partial charge on any atom is 0.293 e. The van der Waals surface area contributed by atoms with Crippen LogP contribution in [-0.4, -0.2) is 16.6 Å². The zero-order chi connectivity index (χ0) is 16.1. The molecule has 2 aromatic rings. The van der Waals surface area contributed by atoms with E-state index in [0.717, 1.165) is 4.90 Å². The molecule has 2 aromatic carbocycles. The fourth-order valence-electron chi connectivity index (χ4n) is 1.82. The van der Waals surface area contributed by atoms with Crippen molar-refractivity contribution < 1.29 is 9.72 Å². The molecule has 0 heterocycles. The molecule has 1 amide bonds. The summed E-state index contributed by atoms with van der Waals surface area (Å²) in [6.07, 6.45) is 0. The highest BCUT2D eigenvalue weighted by molar-refractivity contribution is 8.00. The molecule has 7 heteroatoms. The molecular formula is C15H13ClN2O3S. The highest BCUT2D eigenvalue weighted by atomic mass is 35.5. The number of aryl methyl sites for hydroxylation is 1. The predicted molar refractivity (Wildman–Crippen MR) is 88.6 cm³/mol. The van der Waals surface area contributed by atoms with Crippen LogP contribution in [0.25, 0.3) is 0 Å². The summed E-state index contributed by atoms with van der Waals surface area (Å²) in [5, 5.41) is 14.2. The third-order valence-corrected chi connectivity index (χ3v) is 4.16. The summed E-state index contributed by atoms with van der Waals surface area (Å²) in [5.41, 5.74) is 0.790. The van der Waals surface area contributed by atoms with Gasteiger partial charge in [-0.1, -0.05) is 23.7 Å². The predicted octanol–water partition coefficient (Wildman–Crippen LogP) is 4.29. The Morgan fingerprint density at radius 1 is 1.27 bits per heavy atom. The van der Waals surface area contributed by atoms with Gasteiger partial charge in [0.1, 0.15) is 5.69 Å². The van der Waals surface area contributed by atoms with Gasteiger partial charge in [-0.05, 0) is 36.8 Å². The van der Waals surface area contributed by atoms with Crippen LogP contribution >= 0.6 is 23.4 Å². The smallest absolute Gasteiger partial charge is 0.293 e. The average molecular weight is 337 g/mol. The van der Waals surface area contributed by atoms with Crippen molar-refractivity contribution in [3.05, 3.63) is 63.2 Å². The molecule has 0 fully saturated rings. The van der Waals surface area contributed by atoms with Gasteiger partial charge in [-0.15, -0.1) is 11.8 Å². The van der Waals surface area contributed by atoms with Gasteiger partial charge in [-0.3, -0.25) is 14.9 Å². The molecule has 1 N–H and O–H groups in total. The van der Waals surface area contributed by atoms with Gasteiger partial charge in [0.25, 0.3) is 5.69 Å². The summed E-state index contributed by atoms with van der Waals surface area (Å²) in [4.78, 5) is 23.4. The maximum absolute atomic E-state index is 12.0. The van der Waals surface area contributed by atoms with Gasteiger partial charge >= 0.3 is 0 Å². The molecule has 0 aliphatic heterocycles. The molecule has 114 valence electrons. The van der Waals surface area contributed by atoms with Crippen LogP contribution in [0.4, 0.5) is 11.4 Å². The van der Waals surface area contributed by atoms with Crippen LogP contribution in [0, 0.1) is 17.0 Å². The van der Waals surface area contributed by atoms with E-state index < -0.39 is 4.92 Å². The molecule has 5 nitrogen and oxygen atoms in total. The number of rotatable bonds is 5. The summed E-state index contributed by atoms with van der Waals surface area (Å²) < 4.78 is 0. The molecule has 0 aromatic heterocycles. The number of halogens is 1. The molecule has 22 heavy (non-hydrogen) atoms. The van der Waals surface area contributed by atoms with Gasteiger partial charge in [-0.25, -0.2) is 0 Å². The monoisotopic (exact) mass is 336 g/mol. The second kappa shape index (κ2) is 7.29. The minimum Gasteiger partial charge on any atom is -0.319 e. The van der Waals surface area contributed by atoms with E-state index in [0.29, 0.717) is 10.6 Å². The fraction of sp³-hybridized carbons (Fsp3) is 0.133.